The van der Waals surface area contributed by atoms with E-state index < -0.39 is 0 Å². The summed E-state index contributed by atoms with van der Waals surface area (Å²) in [4.78, 5) is 15.7. The number of carbonyl (C=O) groups excluding carboxylic acids is 1. The van der Waals surface area contributed by atoms with Crippen molar-refractivity contribution in [3.05, 3.63) is 35.9 Å². The van der Waals surface area contributed by atoms with E-state index >= 15 is 0 Å². The second-order valence-corrected chi connectivity index (χ2v) is 3.53. The molecule has 1 heterocycles. The minimum Gasteiger partial charge on any atom is -0.406 e. The first-order valence-electron chi connectivity index (χ1n) is 5.16. The Kier molecular flexibility index (Phi) is 2.81. The summed E-state index contributed by atoms with van der Waals surface area (Å²) in [6.07, 6.45) is 1.69. The zero-order chi connectivity index (χ0) is 10.7. The van der Waals surface area contributed by atoms with Crippen molar-refractivity contribution in [1.82, 2.24) is 0 Å². The third-order valence-electron chi connectivity index (χ3n) is 2.33. The van der Waals surface area contributed by atoms with Crippen molar-refractivity contribution in [3.8, 4) is 0 Å². The maximum atomic E-state index is 11.4. The highest BCUT2D eigenvalue weighted by molar-refractivity contribution is 6.06. The molecule has 1 aliphatic heterocycles. The number of esters is 1. The molecule has 15 heavy (non-hydrogen) atoms. The number of hydrogen-bond donors (Lipinski definition) is 0. The van der Waals surface area contributed by atoms with Crippen molar-refractivity contribution in [2.75, 3.05) is 0 Å². The van der Waals surface area contributed by atoms with Crippen LogP contribution >= 0.6 is 0 Å². The summed E-state index contributed by atoms with van der Waals surface area (Å²) in [5.41, 5.74) is 0.865. The quantitative estimate of drug-likeness (QED) is 0.706. The van der Waals surface area contributed by atoms with Crippen LogP contribution in [0.15, 0.2) is 35.3 Å². The molecule has 0 saturated heterocycles. The summed E-state index contributed by atoms with van der Waals surface area (Å²) in [6.45, 7) is 2.03. The van der Waals surface area contributed by atoms with Gasteiger partial charge in [0.15, 0.2) is 6.04 Å². The zero-order valence-electron chi connectivity index (χ0n) is 8.64. The maximum Gasteiger partial charge on any atom is 0.337 e. The fraction of sp³-hybridized carbons (Fsp3) is 0.333. The highest BCUT2D eigenvalue weighted by Gasteiger charge is 2.28. The number of nitrogens with zero attached hydrogens (tertiary/aromatic N) is 1. The van der Waals surface area contributed by atoms with Gasteiger partial charge >= 0.3 is 5.97 Å². The summed E-state index contributed by atoms with van der Waals surface area (Å²) in [7, 11) is 0. The first-order valence-corrected chi connectivity index (χ1v) is 5.16. The van der Waals surface area contributed by atoms with Gasteiger partial charge in [-0.3, -0.25) is 0 Å². The fourth-order valence-electron chi connectivity index (χ4n) is 1.55. The molecule has 1 aromatic carbocycles. The van der Waals surface area contributed by atoms with Gasteiger partial charge < -0.3 is 4.74 Å². The Morgan fingerprint density at radius 2 is 2.07 bits per heavy atom. The lowest BCUT2D eigenvalue weighted by Gasteiger charge is -1.98. The summed E-state index contributed by atoms with van der Waals surface area (Å²) in [5, 5.41) is 0. The van der Waals surface area contributed by atoms with Crippen molar-refractivity contribution >= 4 is 11.9 Å². The van der Waals surface area contributed by atoms with Gasteiger partial charge in [0, 0.05) is 5.56 Å². The van der Waals surface area contributed by atoms with Gasteiger partial charge in [0.2, 0.25) is 5.90 Å². The van der Waals surface area contributed by atoms with Crippen LogP contribution in [-0.2, 0) is 9.53 Å². The topological polar surface area (TPSA) is 38.7 Å². The number of cyclic esters (lactones) is 1. The van der Waals surface area contributed by atoms with Crippen molar-refractivity contribution in [2.45, 2.75) is 25.8 Å². The van der Waals surface area contributed by atoms with Crippen LogP contribution < -0.4 is 0 Å². The lowest BCUT2D eigenvalue weighted by atomic mass is 10.2. The average Bonchev–Trinajstić information content (AvgIpc) is 2.63. The Morgan fingerprint density at radius 1 is 1.33 bits per heavy atom. The number of rotatable bonds is 3. The second kappa shape index (κ2) is 4.26. The van der Waals surface area contributed by atoms with Gasteiger partial charge in [0.05, 0.1) is 0 Å². The molecule has 3 nitrogen and oxygen atoms in total. The van der Waals surface area contributed by atoms with E-state index in [1.165, 1.54) is 0 Å². The number of benzene rings is 1. The molecule has 1 unspecified atom stereocenters. The SMILES string of the molecule is CCCC1N=C(c2ccccc2)OC1=O. The van der Waals surface area contributed by atoms with Crippen LogP contribution in [0.4, 0.5) is 0 Å². The number of aliphatic imine (C=N–C) groups is 1. The summed E-state index contributed by atoms with van der Waals surface area (Å²) in [6, 6.07) is 9.20. The normalized spacial score (nSPS) is 19.9. The van der Waals surface area contributed by atoms with Gasteiger partial charge in [-0.05, 0) is 18.6 Å². The van der Waals surface area contributed by atoms with E-state index in [4.69, 9.17) is 4.74 Å². The number of ether oxygens (including phenoxy) is 1. The zero-order valence-corrected chi connectivity index (χ0v) is 8.64. The molecule has 0 bridgehead atoms. The van der Waals surface area contributed by atoms with Crippen LogP contribution in [0.1, 0.15) is 25.3 Å². The molecular formula is C12H13NO2. The van der Waals surface area contributed by atoms with Crippen LogP contribution in [0.25, 0.3) is 0 Å². The molecule has 0 spiro atoms. The molecule has 1 aliphatic rings. The smallest absolute Gasteiger partial charge is 0.337 e. The molecule has 0 aromatic heterocycles. The van der Waals surface area contributed by atoms with Crippen LogP contribution in [-0.4, -0.2) is 17.9 Å². The van der Waals surface area contributed by atoms with Crippen LogP contribution in [0.3, 0.4) is 0 Å². The summed E-state index contributed by atoms with van der Waals surface area (Å²) >= 11 is 0. The van der Waals surface area contributed by atoms with Gasteiger partial charge in [0.25, 0.3) is 0 Å². The molecule has 0 N–H and O–H groups in total. The first kappa shape index (κ1) is 9.90. The molecule has 2 rings (SSSR count). The standard InChI is InChI=1S/C12H13NO2/c1-2-6-10-12(14)15-11(13-10)9-7-4-3-5-8-9/h3-5,7-8,10H,2,6H2,1H3. The summed E-state index contributed by atoms with van der Waals surface area (Å²) in [5.74, 6) is 0.231. The molecule has 0 radical (unpaired) electrons. The first-order chi connectivity index (χ1) is 7.31. The van der Waals surface area contributed by atoms with E-state index in [0.717, 1.165) is 18.4 Å². The molecule has 1 aromatic rings. The minimum atomic E-state index is -0.301. The van der Waals surface area contributed by atoms with Gasteiger partial charge in [-0.2, -0.15) is 0 Å². The van der Waals surface area contributed by atoms with Gasteiger partial charge in [-0.15, -0.1) is 0 Å². The van der Waals surface area contributed by atoms with Crippen molar-refractivity contribution < 1.29 is 9.53 Å². The molecule has 0 aliphatic carbocycles. The molecule has 1 atom stereocenters. The predicted molar refractivity (Wildman–Crippen MR) is 57.8 cm³/mol. The fourth-order valence-corrected chi connectivity index (χ4v) is 1.55. The Morgan fingerprint density at radius 3 is 2.73 bits per heavy atom. The number of hydrogen-bond acceptors (Lipinski definition) is 3. The molecule has 3 heteroatoms. The van der Waals surface area contributed by atoms with Gasteiger partial charge in [-0.25, -0.2) is 9.79 Å². The maximum absolute atomic E-state index is 11.4. The van der Waals surface area contributed by atoms with E-state index in [1.807, 2.05) is 37.3 Å². The number of carbonyl (C=O) groups is 1. The van der Waals surface area contributed by atoms with E-state index in [9.17, 15) is 4.79 Å². The summed E-state index contributed by atoms with van der Waals surface area (Å²) < 4.78 is 5.12. The lowest BCUT2D eigenvalue weighted by Crippen LogP contribution is -2.14. The van der Waals surface area contributed by atoms with Crippen LogP contribution in [0, 0.1) is 0 Å². The molecule has 0 fully saturated rings. The Bertz CT molecular complexity index is 384. The van der Waals surface area contributed by atoms with Crippen molar-refractivity contribution in [2.24, 2.45) is 4.99 Å². The second-order valence-electron chi connectivity index (χ2n) is 3.53. The van der Waals surface area contributed by atoms with Crippen molar-refractivity contribution in [3.63, 3.8) is 0 Å². The molecular weight excluding hydrogens is 190 g/mol. The Balaban J connectivity index is 2.19. The highest BCUT2D eigenvalue weighted by Crippen LogP contribution is 2.16. The molecule has 0 saturated carbocycles. The average molecular weight is 203 g/mol. The van der Waals surface area contributed by atoms with Gasteiger partial charge in [0.1, 0.15) is 0 Å². The lowest BCUT2D eigenvalue weighted by molar-refractivity contribution is -0.135. The van der Waals surface area contributed by atoms with E-state index in [2.05, 4.69) is 4.99 Å². The molecule has 78 valence electrons. The van der Waals surface area contributed by atoms with Gasteiger partial charge in [-0.1, -0.05) is 31.5 Å². The van der Waals surface area contributed by atoms with E-state index in [1.54, 1.807) is 0 Å². The highest BCUT2D eigenvalue weighted by atomic mass is 16.6. The van der Waals surface area contributed by atoms with E-state index in [-0.39, 0.29) is 12.0 Å². The van der Waals surface area contributed by atoms with Crippen LogP contribution in [0.5, 0.6) is 0 Å². The van der Waals surface area contributed by atoms with Crippen LogP contribution in [0.2, 0.25) is 0 Å². The monoisotopic (exact) mass is 203 g/mol. The largest absolute Gasteiger partial charge is 0.406 e. The predicted octanol–water partition coefficient (Wildman–Crippen LogP) is 2.16. The third kappa shape index (κ3) is 2.06. The van der Waals surface area contributed by atoms with E-state index in [0.29, 0.717) is 5.90 Å². The molecule has 0 amide bonds. The Hall–Kier alpha value is -1.64. The third-order valence-corrected chi connectivity index (χ3v) is 2.33. The minimum absolute atomic E-state index is 0.226. The Labute approximate surface area is 88.8 Å². The van der Waals surface area contributed by atoms with Crippen molar-refractivity contribution in [1.29, 1.82) is 0 Å².